The van der Waals surface area contributed by atoms with Crippen LogP contribution in [0, 0.1) is 6.92 Å². The Morgan fingerprint density at radius 2 is 1.47 bits per heavy atom. The van der Waals surface area contributed by atoms with Gasteiger partial charge in [-0.15, -0.1) is 23.1 Å². The quantitative estimate of drug-likeness (QED) is 0.185. The molecule has 1 aromatic heterocycles. The average molecular weight is 505 g/mol. The SMILES string of the molecule is Cc1sc(NC(=O)C(C)Sc2ccc(NC(=S)Nc3ccccc3)cc2)nc1-c1ccccc1. The van der Waals surface area contributed by atoms with Crippen molar-refractivity contribution < 1.29 is 4.79 Å². The highest BCUT2D eigenvalue weighted by molar-refractivity contribution is 8.00. The third-order valence-electron chi connectivity index (χ3n) is 4.90. The number of aryl methyl sites for hydroxylation is 1. The molecule has 4 aromatic rings. The summed E-state index contributed by atoms with van der Waals surface area (Å²) in [5, 5.41) is 10.1. The summed E-state index contributed by atoms with van der Waals surface area (Å²) >= 11 is 8.36. The van der Waals surface area contributed by atoms with Crippen molar-refractivity contribution in [2.24, 2.45) is 0 Å². The molecule has 4 rings (SSSR count). The molecule has 0 spiro atoms. The monoisotopic (exact) mass is 504 g/mol. The Morgan fingerprint density at radius 3 is 2.12 bits per heavy atom. The second-order valence-electron chi connectivity index (χ2n) is 7.51. The van der Waals surface area contributed by atoms with E-state index in [-0.39, 0.29) is 11.2 Å². The van der Waals surface area contributed by atoms with Crippen molar-refractivity contribution >= 4 is 62.8 Å². The van der Waals surface area contributed by atoms with E-state index in [0.717, 1.165) is 32.4 Å². The zero-order chi connectivity index (χ0) is 23.9. The highest BCUT2D eigenvalue weighted by Crippen LogP contribution is 2.31. The van der Waals surface area contributed by atoms with Crippen LogP contribution in [0.3, 0.4) is 0 Å². The van der Waals surface area contributed by atoms with Gasteiger partial charge in [-0.3, -0.25) is 4.79 Å². The molecule has 1 unspecified atom stereocenters. The molecule has 0 aliphatic rings. The number of nitrogens with zero attached hydrogens (tertiary/aromatic N) is 1. The van der Waals surface area contributed by atoms with Gasteiger partial charge in [-0.05, 0) is 62.5 Å². The predicted molar refractivity (Wildman–Crippen MR) is 149 cm³/mol. The summed E-state index contributed by atoms with van der Waals surface area (Å²) in [5.74, 6) is -0.0752. The van der Waals surface area contributed by atoms with Gasteiger partial charge in [0.05, 0.1) is 10.9 Å². The van der Waals surface area contributed by atoms with Gasteiger partial charge in [-0.1, -0.05) is 48.5 Å². The van der Waals surface area contributed by atoms with Crippen molar-refractivity contribution in [1.82, 2.24) is 4.98 Å². The average Bonchev–Trinajstić information content (AvgIpc) is 3.21. The van der Waals surface area contributed by atoms with Crippen molar-refractivity contribution in [2.45, 2.75) is 24.0 Å². The summed E-state index contributed by atoms with van der Waals surface area (Å²) in [6, 6.07) is 27.6. The number of amides is 1. The Hall–Kier alpha value is -3.20. The van der Waals surface area contributed by atoms with Gasteiger partial charge in [0.1, 0.15) is 0 Å². The van der Waals surface area contributed by atoms with Gasteiger partial charge in [0.2, 0.25) is 5.91 Å². The topological polar surface area (TPSA) is 66.1 Å². The number of anilines is 3. The third-order valence-corrected chi connectivity index (χ3v) is 7.10. The van der Waals surface area contributed by atoms with Gasteiger partial charge in [0.25, 0.3) is 0 Å². The number of thiocarbonyl (C=S) groups is 1. The smallest absolute Gasteiger partial charge is 0.239 e. The number of benzene rings is 3. The zero-order valence-corrected chi connectivity index (χ0v) is 21.2. The van der Waals surface area contributed by atoms with Gasteiger partial charge in [0.15, 0.2) is 10.2 Å². The van der Waals surface area contributed by atoms with E-state index in [1.165, 1.54) is 23.1 Å². The highest BCUT2D eigenvalue weighted by Gasteiger charge is 2.18. The van der Waals surface area contributed by atoms with Crippen molar-refractivity contribution in [3.8, 4) is 11.3 Å². The molecule has 0 bridgehead atoms. The number of carbonyl (C=O) groups is 1. The summed E-state index contributed by atoms with van der Waals surface area (Å²) < 4.78 is 0. The van der Waals surface area contributed by atoms with E-state index in [1.807, 2.05) is 98.8 Å². The Kier molecular flexibility index (Phi) is 7.95. The van der Waals surface area contributed by atoms with Crippen molar-refractivity contribution in [3.63, 3.8) is 0 Å². The number of aromatic nitrogens is 1. The van der Waals surface area contributed by atoms with Crippen LogP contribution < -0.4 is 16.0 Å². The largest absolute Gasteiger partial charge is 0.332 e. The minimum absolute atomic E-state index is 0.0752. The van der Waals surface area contributed by atoms with E-state index >= 15 is 0 Å². The second-order valence-corrected chi connectivity index (χ2v) is 10.5. The van der Waals surface area contributed by atoms with Crippen LogP contribution in [-0.4, -0.2) is 21.3 Å². The van der Waals surface area contributed by atoms with Crippen LogP contribution in [-0.2, 0) is 4.79 Å². The van der Waals surface area contributed by atoms with E-state index in [4.69, 9.17) is 12.2 Å². The Labute approximate surface area is 213 Å². The van der Waals surface area contributed by atoms with Crippen LogP contribution in [0.5, 0.6) is 0 Å². The highest BCUT2D eigenvalue weighted by atomic mass is 32.2. The molecule has 0 radical (unpaired) electrons. The number of hydrogen-bond donors (Lipinski definition) is 3. The van der Waals surface area contributed by atoms with Crippen LogP contribution in [0.15, 0.2) is 89.8 Å². The van der Waals surface area contributed by atoms with Crippen molar-refractivity contribution in [1.29, 1.82) is 0 Å². The maximum absolute atomic E-state index is 12.8. The van der Waals surface area contributed by atoms with E-state index in [1.54, 1.807) is 0 Å². The first kappa shape index (κ1) is 23.9. The first-order valence-corrected chi connectivity index (χ1v) is 12.8. The zero-order valence-electron chi connectivity index (χ0n) is 18.7. The molecule has 1 atom stereocenters. The third kappa shape index (κ3) is 6.44. The second kappa shape index (κ2) is 11.3. The number of rotatable bonds is 7. The van der Waals surface area contributed by atoms with Gasteiger partial charge < -0.3 is 16.0 Å². The van der Waals surface area contributed by atoms with Crippen LogP contribution >= 0.6 is 35.3 Å². The fourth-order valence-electron chi connectivity index (χ4n) is 3.21. The van der Waals surface area contributed by atoms with Gasteiger partial charge in [-0.25, -0.2) is 4.98 Å². The molecule has 34 heavy (non-hydrogen) atoms. The van der Waals surface area contributed by atoms with E-state index in [9.17, 15) is 4.79 Å². The summed E-state index contributed by atoms with van der Waals surface area (Å²) in [6.45, 7) is 3.91. The van der Waals surface area contributed by atoms with Gasteiger partial charge in [-0.2, -0.15) is 0 Å². The van der Waals surface area contributed by atoms with Crippen LogP contribution in [0.1, 0.15) is 11.8 Å². The van der Waals surface area contributed by atoms with Crippen molar-refractivity contribution in [3.05, 3.63) is 89.8 Å². The van der Waals surface area contributed by atoms with Crippen molar-refractivity contribution in [2.75, 3.05) is 16.0 Å². The molecular weight excluding hydrogens is 481 g/mol. The van der Waals surface area contributed by atoms with Gasteiger partial charge in [0, 0.05) is 26.7 Å². The minimum atomic E-state index is -0.274. The lowest BCUT2D eigenvalue weighted by atomic mass is 10.1. The predicted octanol–water partition coefficient (Wildman–Crippen LogP) is 7.05. The number of nitrogens with one attached hydrogen (secondary N) is 3. The van der Waals surface area contributed by atoms with E-state index < -0.39 is 0 Å². The molecule has 172 valence electrons. The Morgan fingerprint density at radius 1 is 0.882 bits per heavy atom. The molecule has 1 amide bonds. The first-order chi connectivity index (χ1) is 16.5. The molecule has 0 saturated carbocycles. The molecule has 0 fully saturated rings. The summed E-state index contributed by atoms with van der Waals surface area (Å²) in [4.78, 5) is 19.5. The lowest BCUT2D eigenvalue weighted by Gasteiger charge is -2.12. The van der Waals surface area contributed by atoms with Crippen LogP contribution in [0.25, 0.3) is 11.3 Å². The molecule has 3 N–H and O–H groups in total. The fourth-order valence-corrected chi connectivity index (χ4v) is 5.15. The Bertz CT molecular complexity index is 1260. The number of para-hydroxylation sites is 1. The molecule has 0 saturated heterocycles. The molecular formula is C26H24N4OS3. The van der Waals surface area contributed by atoms with E-state index in [2.05, 4.69) is 20.9 Å². The lowest BCUT2D eigenvalue weighted by Crippen LogP contribution is -2.22. The first-order valence-electron chi connectivity index (χ1n) is 10.7. The van der Waals surface area contributed by atoms with E-state index in [0.29, 0.717) is 10.2 Å². The number of hydrogen-bond acceptors (Lipinski definition) is 5. The van der Waals surface area contributed by atoms with Gasteiger partial charge >= 0.3 is 0 Å². The maximum atomic E-state index is 12.8. The molecule has 3 aromatic carbocycles. The maximum Gasteiger partial charge on any atom is 0.239 e. The summed E-state index contributed by atoms with van der Waals surface area (Å²) in [7, 11) is 0. The molecule has 0 aliphatic carbocycles. The van der Waals surface area contributed by atoms with Crippen LogP contribution in [0.4, 0.5) is 16.5 Å². The Balaban J connectivity index is 1.31. The molecule has 5 nitrogen and oxygen atoms in total. The number of thiazole rings is 1. The summed E-state index contributed by atoms with van der Waals surface area (Å²) in [6.07, 6.45) is 0. The molecule has 8 heteroatoms. The normalized spacial score (nSPS) is 11.5. The minimum Gasteiger partial charge on any atom is -0.332 e. The van der Waals surface area contributed by atoms with Crippen LogP contribution in [0.2, 0.25) is 0 Å². The molecule has 0 aliphatic heterocycles. The number of carbonyl (C=O) groups excluding carboxylic acids is 1. The fraction of sp³-hybridized carbons (Fsp3) is 0.115. The number of thioether (sulfide) groups is 1. The lowest BCUT2D eigenvalue weighted by molar-refractivity contribution is -0.115. The molecule has 1 heterocycles. The summed E-state index contributed by atoms with van der Waals surface area (Å²) in [5.41, 5.74) is 3.76. The standard InChI is InChI=1S/C26H24N4OS3/c1-17-23(19-9-5-3-6-10-19)29-26(34-17)30-24(31)18(2)33-22-15-13-21(14-16-22)28-25(32)27-20-11-7-4-8-12-20/h3-16,18H,1-2H3,(H2,27,28,32)(H,29,30,31).